The number of halogens is 1. The first kappa shape index (κ1) is 17.7. The van der Waals surface area contributed by atoms with Crippen molar-refractivity contribution >= 4 is 5.71 Å². The minimum Gasteiger partial charge on any atom is -0.490 e. The second-order valence-corrected chi connectivity index (χ2v) is 7.02. The summed E-state index contributed by atoms with van der Waals surface area (Å²) in [6.07, 6.45) is 3.73. The van der Waals surface area contributed by atoms with E-state index in [1.54, 1.807) is 12.3 Å². The Morgan fingerprint density at radius 3 is 2.86 bits per heavy atom. The number of ether oxygens (including phenoxy) is 2. The van der Waals surface area contributed by atoms with Crippen LogP contribution in [-0.4, -0.2) is 22.3 Å². The number of pyridine rings is 1. The summed E-state index contributed by atoms with van der Waals surface area (Å²) in [6.45, 7) is 2.48. The molecule has 6 heteroatoms. The van der Waals surface area contributed by atoms with Gasteiger partial charge < -0.3 is 9.47 Å². The van der Waals surface area contributed by atoms with Crippen LogP contribution in [0, 0.1) is 5.82 Å². The Morgan fingerprint density at radius 2 is 2.07 bits per heavy atom. The third kappa shape index (κ3) is 3.10. The minimum absolute atomic E-state index is 0.0253. The molecule has 2 aliphatic rings. The van der Waals surface area contributed by atoms with Gasteiger partial charge in [-0.05, 0) is 31.2 Å². The van der Waals surface area contributed by atoms with E-state index in [9.17, 15) is 4.39 Å². The van der Waals surface area contributed by atoms with Crippen molar-refractivity contribution < 1.29 is 13.9 Å². The van der Waals surface area contributed by atoms with Crippen LogP contribution < -0.4 is 9.47 Å². The molecule has 2 aliphatic heterocycles. The third-order valence-corrected chi connectivity index (χ3v) is 5.21. The summed E-state index contributed by atoms with van der Waals surface area (Å²) in [6, 6.07) is 16.3. The summed E-state index contributed by atoms with van der Waals surface area (Å²) in [5.74, 6) is 1.09. The highest BCUT2D eigenvalue weighted by Crippen LogP contribution is 2.50. The molecule has 0 bridgehead atoms. The Hall–Kier alpha value is -3.41. The Labute approximate surface area is 168 Å². The predicted molar refractivity (Wildman–Crippen MR) is 107 cm³/mol. The zero-order valence-electron chi connectivity index (χ0n) is 16.0. The van der Waals surface area contributed by atoms with Crippen LogP contribution in [0.4, 0.5) is 4.39 Å². The van der Waals surface area contributed by atoms with Crippen LogP contribution in [0.3, 0.4) is 0 Å². The first-order valence-corrected chi connectivity index (χ1v) is 9.68. The smallest absolute Gasteiger partial charge is 0.214 e. The normalized spacial score (nSPS) is 19.8. The van der Waals surface area contributed by atoms with Gasteiger partial charge in [0.15, 0.2) is 11.5 Å². The van der Waals surface area contributed by atoms with Gasteiger partial charge in [-0.15, -0.1) is 0 Å². The monoisotopic (exact) mass is 389 g/mol. The van der Waals surface area contributed by atoms with Crippen LogP contribution in [0.25, 0.3) is 0 Å². The van der Waals surface area contributed by atoms with Gasteiger partial charge in [-0.3, -0.25) is 4.98 Å². The second-order valence-electron chi connectivity index (χ2n) is 7.02. The van der Waals surface area contributed by atoms with Gasteiger partial charge in [-0.1, -0.05) is 30.3 Å². The molecule has 5 rings (SSSR count). The molecule has 0 unspecified atom stereocenters. The molecule has 0 saturated carbocycles. The molecule has 29 heavy (non-hydrogen) atoms. The number of benzene rings is 2. The maximum Gasteiger partial charge on any atom is 0.214 e. The maximum atomic E-state index is 14.0. The Bertz CT molecular complexity index is 1070. The molecule has 1 aromatic heterocycles. The summed E-state index contributed by atoms with van der Waals surface area (Å²) < 4.78 is 26.1. The van der Waals surface area contributed by atoms with Crippen molar-refractivity contribution in [3.8, 4) is 11.5 Å². The van der Waals surface area contributed by atoms with Gasteiger partial charge in [0.05, 0.1) is 18.4 Å². The van der Waals surface area contributed by atoms with Gasteiger partial charge in [0, 0.05) is 35.5 Å². The SMILES string of the molecule is CCOc1cccc2c1O[C@@H](c1cccc(F)c1)N1N=C(c3cccnc3)C[C@H]21. The molecule has 0 amide bonds. The van der Waals surface area contributed by atoms with Crippen LogP contribution in [0.2, 0.25) is 0 Å². The number of rotatable bonds is 4. The van der Waals surface area contributed by atoms with Crippen LogP contribution in [-0.2, 0) is 0 Å². The van der Waals surface area contributed by atoms with E-state index >= 15 is 0 Å². The van der Waals surface area contributed by atoms with Crippen molar-refractivity contribution in [3.05, 3.63) is 89.5 Å². The topological polar surface area (TPSA) is 47.0 Å². The summed E-state index contributed by atoms with van der Waals surface area (Å²) >= 11 is 0. The van der Waals surface area contributed by atoms with Crippen molar-refractivity contribution in [2.75, 3.05) is 6.61 Å². The molecule has 0 radical (unpaired) electrons. The number of fused-ring (bicyclic) bond motifs is 3. The molecule has 0 saturated heterocycles. The Morgan fingerprint density at radius 1 is 1.17 bits per heavy atom. The lowest BCUT2D eigenvalue weighted by molar-refractivity contribution is -0.0214. The van der Waals surface area contributed by atoms with Crippen LogP contribution in [0.5, 0.6) is 11.5 Å². The highest BCUT2D eigenvalue weighted by molar-refractivity contribution is 6.01. The number of para-hydroxylation sites is 1. The van der Waals surface area contributed by atoms with Crippen LogP contribution >= 0.6 is 0 Å². The lowest BCUT2D eigenvalue weighted by atomic mass is 9.96. The number of hydrogen-bond acceptors (Lipinski definition) is 5. The van der Waals surface area contributed by atoms with Gasteiger partial charge >= 0.3 is 0 Å². The zero-order valence-corrected chi connectivity index (χ0v) is 16.0. The van der Waals surface area contributed by atoms with E-state index in [0.717, 1.165) is 16.8 Å². The number of hydrogen-bond donors (Lipinski definition) is 0. The summed E-state index contributed by atoms with van der Waals surface area (Å²) in [5, 5.41) is 6.79. The molecule has 0 aliphatic carbocycles. The standard InChI is InChI=1S/C23H20FN3O2/c1-2-28-21-10-4-9-18-20-13-19(16-7-5-11-25-14-16)26-27(20)23(29-22(18)21)15-6-3-8-17(24)12-15/h3-12,14,20,23H,2,13H2,1H3/t20-,23+/m1/s1. The molecule has 3 heterocycles. The van der Waals surface area contributed by atoms with Gasteiger partial charge in [0.1, 0.15) is 5.82 Å². The number of nitrogens with zero attached hydrogens (tertiary/aromatic N) is 3. The van der Waals surface area contributed by atoms with Crippen LogP contribution in [0.15, 0.2) is 72.1 Å². The van der Waals surface area contributed by atoms with Crippen molar-refractivity contribution in [1.29, 1.82) is 0 Å². The van der Waals surface area contributed by atoms with Gasteiger partial charge in [-0.2, -0.15) is 5.10 Å². The quantitative estimate of drug-likeness (QED) is 0.639. The molecule has 0 spiro atoms. The average Bonchev–Trinajstić information content (AvgIpc) is 3.20. The summed E-state index contributed by atoms with van der Waals surface area (Å²) in [7, 11) is 0. The van der Waals surface area contributed by atoms with Gasteiger partial charge in [0.2, 0.25) is 6.23 Å². The molecular formula is C23H20FN3O2. The highest BCUT2D eigenvalue weighted by atomic mass is 19.1. The lowest BCUT2D eigenvalue weighted by Crippen LogP contribution is -2.34. The predicted octanol–water partition coefficient (Wildman–Crippen LogP) is 4.86. The van der Waals surface area contributed by atoms with Crippen molar-refractivity contribution in [2.24, 2.45) is 5.10 Å². The molecule has 146 valence electrons. The fourth-order valence-electron chi connectivity index (χ4n) is 3.94. The molecule has 0 N–H and O–H groups in total. The average molecular weight is 389 g/mol. The lowest BCUT2D eigenvalue weighted by Gasteiger charge is -2.38. The van der Waals surface area contributed by atoms with Crippen LogP contribution in [0.1, 0.15) is 42.3 Å². The van der Waals surface area contributed by atoms with Gasteiger partial charge in [-0.25, -0.2) is 9.40 Å². The first-order valence-electron chi connectivity index (χ1n) is 9.68. The number of aromatic nitrogens is 1. The number of hydrazone groups is 1. The fourth-order valence-corrected chi connectivity index (χ4v) is 3.94. The Balaban J connectivity index is 1.62. The van der Waals surface area contributed by atoms with E-state index in [-0.39, 0.29) is 11.9 Å². The van der Waals surface area contributed by atoms with Crippen molar-refractivity contribution in [1.82, 2.24) is 9.99 Å². The minimum atomic E-state index is -0.543. The highest BCUT2D eigenvalue weighted by Gasteiger charge is 2.42. The van der Waals surface area contributed by atoms with E-state index in [2.05, 4.69) is 4.98 Å². The molecule has 5 nitrogen and oxygen atoms in total. The molecule has 2 aromatic carbocycles. The maximum absolute atomic E-state index is 14.0. The van der Waals surface area contributed by atoms with E-state index in [1.807, 2.05) is 54.5 Å². The summed E-state index contributed by atoms with van der Waals surface area (Å²) in [4.78, 5) is 4.22. The van der Waals surface area contributed by atoms with Gasteiger partial charge in [0.25, 0.3) is 0 Å². The second kappa shape index (κ2) is 7.20. The molecular weight excluding hydrogens is 369 g/mol. The largest absolute Gasteiger partial charge is 0.490 e. The fraction of sp³-hybridized carbons (Fsp3) is 0.217. The van der Waals surface area contributed by atoms with Crippen molar-refractivity contribution in [3.63, 3.8) is 0 Å². The van der Waals surface area contributed by atoms with Crippen molar-refractivity contribution in [2.45, 2.75) is 25.6 Å². The first-order chi connectivity index (χ1) is 14.2. The molecule has 3 aromatic rings. The third-order valence-electron chi connectivity index (χ3n) is 5.21. The van der Waals surface area contributed by atoms with E-state index in [4.69, 9.17) is 14.6 Å². The molecule has 2 atom stereocenters. The van der Waals surface area contributed by atoms with E-state index in [1.165, 1.54) is 12.1 Å². The zero-order chi connectivity index (χ0) is 19.8. The summed E-state index contributed by atoms with van der Waals surface area (Å²) in [5.41, 5.74) is 3.64. The van der Waals surface area contributed by atoms with E-state index < -0.39 is 6.23 Å². The van der Waals surface area contributed by atoms with E-state index in [0.29, 0.717) is 30.1 Å². The molecule has 0 fully saturated rings. The Kier molecular flexibility index (Phi) is 4.39.